The molecule has 2 aromatic rings. The van der Waals surface area contributed by atoms with Gasteiger partial charge >= 0.3 is 5.97 Å². The Morgan fingerprint density at radius 1 is 1.12 bits per heavy atom. The normalized spacial score (nSPS) is 17.6. The number of benzene rings is 2. The van der Waals surface area contributed by atoms with E-state index in [4.69, 9.17) is 10.5 Å². The number of primary amides is 1. The second-order valence-corrected chi connectivity index (χ2v) is 5.84. The molecule has 0 bridgehead atoms. The summed E-state index contributed by atoms with van der Waals surface area (Å²) in [6.07, 6.45) is 0.167. The zero-order chi connectivity index (χ0) is 16.9. The zero-order valence-electron chi connectivity index (χ0n) is 13.3. The van der Waals surface area contributed by atoms with Crippen LogP contribution in [0.15, 0.2) is 54.6 Å². The first kappa shape index (κ1) is 16.2. The van der Waals surface area contributed by atoms with Gasteiger partial charge in [-0.1, -0.05) is 54.6 Å². The van der Waals surface area contributed by atoms with E-state index in [2.05, 4.69) is 5.32 Å². The highest BCUT2D eigenvalue weighted by Crippen LogP contribution is 2.28. The van der Waals surface area contributed by atoms with Crippen molar-refractivity contribution in [1.82, 2.24) is 5.32 Å². The molecule has 3 N–H and O–H groups in total. The molecule has 5 heteroatoms. The van der Waals surface area contributed by atoms with E-state index in [9.17, 15) is 9.59 Å². The standard InChI is InChI=1S/C19H20N2O3/c20-17(22)12-16(14-7-2-1-3-8-14)24-19(23)18-15-9-5-4-6-13(15)10-11-21-18/h1-9,16,18,21H,10-12H2,(H2,20,22). The number of nitrogens with one attached hydrogen (secondary N) is 1. The fourth-order valence-electron chi connectivity index (χ4n) is 3.00. The SMILES string of the molecule is NC(=O)CC(OC(=O)C1NCCc2ccccc21)c1ccccc1. The topological polar surface area (TPSA) is 81.4 Å². The fraction of sp³-hybridized carbons (Fsp3) is 0.263. The number of nitrogens with two attached hydrogens (primary N) is 1. The van der Waals surface area contributed by atoms with Crippen LogP contribution in [0.1, 0.15) is 35.3 Å². The minimum Gasteiger partial charge on any atom is -0.456 e. The lowest BCUT2D eigenvalue weighted by molar-refractivity contribution is -0.153. The second kappa shape index (κ2) is 7.27. The van der Waals surface area contributed by atoms with Crippen molar-refractivity contribution in [1.29, 1.82) is 0 Å². The maximum Gasteiger partial charge on any atom is 0.328 e. The Labute approximate surface area is 140 Å². The Bertz CT molecular complexity index is 730. The van der Waals surface area contributed by atoms with Gasteiger partial charge in [-0.15, -0.1) is 0 Å². The summed E-state index contributed by atoms with van der Waals surface area (Å²) in [5.74, 6) is -0.897. The van der Waals surface area contributed by atoms with Crippen molar-refractivity contribution in [2.45, 2.75) is 25.0 Å². The van der Waals surface area contributed by atoms with E-state index >= 15 is 0 Å². The summed E-state index contributed by atoms with van der Waals surface area (Å²) in [5, 5.41) is 3.19. The lowest BCUT2D eigenvalue weighted by atomic mass is 9.94. The minimum absolute atomic E-state index is 0.0376. The number of fused-ring (bicyclic) bond motifs is 1. The molecule has 0 radical (unpaired) electrons. The lowest BCUT2D eigenvalue weighted by Gasteiger charge is -2.27. The molecule has 1 heterocycles. The summed E-state index contributed by atoms with van der Waals surface area (Å²) in [6, 6.07) is 16.5. The average molecular weight is 324 g/mol. The van der Waals surface area contributed by atoms with Crippen molar-refractivity contribution in [3.8, 4) is 0 Å². The van der Waals surface area contributed by atoms with Crippen molar-refractivity contribution in [3.63, 3.8) is 0 Å². The molecule has 0 saturated heterocycles. The van der Waals surface area contributed by atoms with E-state index in [1.165, 1.54) is 0 Å². The molecule has 1 amide bonds. The van der Waals surface area contributed by atoms with E-state index in [0.29, 0.717) is 6.54 Å². The Hall–Kier alpha value is -2.66. The summed E-state index contributed by atoms with van der Waals surface area (Å²) in [5.41, 5.74) is 8.15. The maximum atomic E-state index is 12.7. The Kier molecular flexibility index (Phi) is 4.91. The number of esters is 1. The quantitative estimate of drug-likeness (QED) is 0.825. The van der Waals surface area contributed by atoms with Crippen LogP contribution in [0.4, 0.5) is 0 Å². The number of carbonyl (C=O) groups is 2. The first-order valence-corrected chi connectivity index (χ1v) is 8.00. The molecule has 2 atom stereocenters. The van der Waals surface area contributed by atoms with Crippen LogP contribution in [-0.4, -0.2) is 18.4 Å². The zero-order valence-corrected chi connectivity index (χ0v) is 13.3. The molecular weight excluding hydrogens is 304 g/mol. The van der Waals surface area contributed by atoms with Gasteiger partial charge in [0.05, 0.1) is 6.42 Å². The molecule has 1 aliphatic rings. The van der Waals surface area contributed by atoms with Crippen LogP contribution >= 0.6 is 0 Å². The third-order valence-corrected chi connectivity index (χ3v) is 4.16. The second-order valence-electron chi connectivity index (χ2n) is 5.84. The number of amides is 1. The molecule has 24 heavy (non-hydrogen) atoms. The highest BCUT2D eigenvalue weighted by Gasteiger charge is 2.30. The molecule has 2 unspecified atom stereocenters. The summed E-state index contributed by atoms with van der Waals surface area (Å²) in [7, 11) is 0. The van der Waals surface area contributed by atoms with E-state index in [1.807, 2.05) is 54.6 Å². The molecule has 0 aromatic heterocycles. The first-order chi connectivity index (χ1) is 11.6. The van der Waals surface area contributed by atoms with Gasteiger partial charge < -0.3 is 15.8 Å². The van der Waals surface area contributed by atoms with Crippen LogP contribution in [0.5, 0.6) is 0 Å². The van der Waals surface area contributed by atoms with Crippen LogP contribution in [0.3, 0.4) is 0 Å². The monoisotopic (exact) mass is 324 g/mol. The average Bonchev–Trinajstić information content (AvgIpc) is 2.61. The van der Waals surface area contributed by atoms with Crippen molar-refractivity contribution in [3.05, 3.63) is 71.3 Å². The molecule has 124 valence electrons. The molecule has 0 fully saturated rings. The van der Waals surface area contributed by atoms with Gasteiger partial charge in [0, 0.05) is 6.54 Å². The number of hydrogen-bond donors (Lipinski definition) is 2. The largest absolute Gasteiger partial charge is 0.456 e. The van der Waals surface area contributed by atoms with Crippen LogP contribution < -0.4 is 11.1 Å². The smallest absolute Gasteiger partial charge is 0.328 e. The van der Waals surface area contributed by atoms with Crippen molar-refractivity contribution in [2.24, 2.45) is 5.73 Å². The number of ether oxygens (including phenoxy) is 1. The summed E-state index contributed by atoms with van der Waals surface area (Å²) in [6.45, 7) is 0.711. The predicted octanol–water partition coefficient (Wildman–Crippen LogP) is 2.03. The van der Waals surface area contributed by atoms with Gasteiger partial charge in [-0.05, 0) is 23.1 Å². The number of rotatable bonds is 5. The van der Waals surface area contributed by atoms with Crippen molar-refractivity contribution in [2.75, 3.05) is 6.54 Å². The van der Waals surface area contributed by atoms with E-state index < -0.39 is 24.0 Å². The van der Waals surface area contributed by atoms with E-state index in [-0.39, 0.29) is 6.42 Å². The molecule has 3 rings (SSSR count). The Morgan fingerprint density at radius 3 is 2.58 bits per heavy atom. The number of hydrogen-bond acceptors (Lipinski definition) is 4. The maximum absolute atomic E-state index is 12.7. The van der Waals surface area contributed by atoms with Crippen molar-refractivity contribution >= 4 is 11.9 Å². The lowest BCUT2D eigenvalue weighted by Crippen LogP contribution is -2.37. The van der Waals surface area contributed by atoms with Gasteiger partial charge in [0.15, 0.2) is 0 Å². The highest BCUT2D eigenvalue weighted by molar-refractivity contribution is 5.80. The van der Waals surface area contributed by atoms with Crippen molar-refractivity contribution < 1.29 is 14.3 Å². The summed E-state index contributed by atoms with van der Waals surface area (Å²) in [4.78, 5) is 24.0. The van der Waals surface area contributed by atoms with Crippen LogP contribution in [0, 0.1) is 0 Å². The first-order valence-electron chi connectivity index (χ1n) is 8.00. The fourth-order valence-corrected chi connectivity index (χ4v) is 3.00. The highest BCUT2D eigenvalue weighted by atomic mass is 16.5. The van der Waals surface area contributed by atoms with Crippen LogP contribution in [-0.2, 0) is 20.7 Å². The minimum atomic E-state index is -0.674. The van der Waals surface area contributed by atoms with E-state index in [0.717, 1.165) is 23.1 Å². The van der Waals surface area contributed by atoms with Gasteiger partial charge in [-0.3, -0.25) is 4.79 Å². The summed E-state index contributed by atoms with van der Waals surface area (Å²) < 4.78 is 5.64. The van der Waals surface area contributed by atoms with Gasteiger partial charge in [-0.25, -0.2) is 4.79 Å². The van der Waals surface area contributed by atoms with E-state index in [1.54, 1.807) is 0 Å². The Morgan fingerprint density at radius 2 is 1.83 bits per heavy atom. The molecule has 0 spiro atoms. The van der Waals surface area contributed by atoms with Gasteiger partial charge in [-0.2, -0.15) is 0 Å². The molecular formula is C19H20N2O3. The van der Waals surface area contributed by atoms with Crippen LogP contribution in [0.25, 0.3) is 0 Å². The third-order valence-electron chi connectivity index (χ3n) is 4.16. The molecule has 5 nitrogen and oxygen atoms in total. The van der Waals surface area contributed by atoms with Crippen LogP contribution in [0.2, 0.25) is 0 Å². The molecule has 1 aliphatic heterocycles. The third kappa shape index (κ3) is 3.63. The molecule has 2 aromatic carbocycles. The predicted molar refractivity (Wildman–Crippen MR) is 90.0 cm³/mol. The summed E-state index contributed by atoms with van der Waals surface area (Å²) >= 11 is 0. The molecule has 0 aliphatic carbocycles. The van der Waals surface area contributed by atoms with Gasteiger partial charge in [0.1, 0.15) is 12.1 Å². The Balaban J connectivity index is 1.80. The number of carbonyl (C=O) groups excluding carboxylic acids is 2. The van der Waals surface area contributed by atoms with Gasteiger partial charge in [0.25, 0.3) is 0 Å². The van der Waals surface area contributed by atoms with Gasteiger partial charge in [0.2, 0.25) is 5.91 Å². The molecule has 0 saturated carbocycles.